The highest BCUT2D eigenvalue weighted by Gasteiger charge is 2.22. The molecular formula is C29H41N2+. The zero-order valence-corrected chi connectivity index (χ0v) is 19.9. The average Bonchev–Trinajstić information content (AvgIpc) is 3.08. The van der Waals surface area contributed by atoms with Crippen LogP contribution in [0.1, 0.15) is 87.4 Å². The summed E-state index contributed by atoms with van der Waals surface area (Å²) < 4.78 is 4.99. The maximum Gasteiger partial charge on any atom is 0.260 e. The van der Waals surface area contributed by atoms with Gasteiger partial charge in [0.25, 0.3) is 5.82 Å². The van der Waals surface area contributed by atoms with Crippen molar-refractivity contribution >= 4 is 0 Å². The lowest BCUT2D eigenvalue weighted by atomic mass is 9.96. The summed E-state index contributed by atoms with van der Waals surface area (Å²) in [4.78, 5) is 0. The number of aromatic nitrogens is 2. The van der Waals surface area contributed by atoms with E-state index in [2.05, 4.69) is 96.9 Å². The third-order valence-electron chi connectivity index (χ3n) is 6.55. The number of nitrogens with zero attached hydrogens (tertiary/aromatic N) is 2. The first kappa shape index (κ1) is 23.3. The molecule has 0 saturated carbocycles. The Hall–Kier alpha value is -2.35. The molecule has 31 heavy (non-hydrogen) atoms. The summed E-state index contributed by atoms with van der Waals surface area (Å²) in [6.07, 6.45) is 14.0. The van der Waals surface area contributed by atoms with E-state index in [4.69, 9.17) is 0 Å². The first-order chi connectivity index (χ1) is 15.2. The average molecular weight is 418 g/mol. The van der Waals surface area contributed by atoms with E-state index in [-0.39, 0.29) is 0 Å². The molecular weight excluding hydrogens is 376 g/mol. The summed E-state index contributed by atoms with van der Waals surface area (Å²) in [7, 11) is 2.26. The lowest BCUT2D eigenvalue weighted by Gasteiger charge is -2.10. The van der Waals surface area contributed by atoms with Crippen LogP contribution in [0.4, 0.5) is 0 Å². The van der Waals surface area contributed by atoms with Gasteiger partial charge in [-0.3, -0.25) is 0 Å². The van der Waals surface area contributed by atoms with E-state index >= 15 is 0 Å². The third-order valence-corrected chi connectivity index (χ3v) is 6.55. The van der Waals surface area contributed by atoms with Crippen LogP contribution in [0.3, 0.4) is 0 Å². The van der Waals surface area contributed by atoms with Gasteiger partial charge in [0.2, 0.25) is 0 Å². The normalized spacial score (nSPS) is 12.2. The zero-order chi connectivity index (χ0) is 21.9. The van der Waals surface area contributed by atoms with Crippen LogP contribution in [0.25, 0.3) is 0 Å². The molecule has 2 nitrogen and oxygen atoms in total. The smallest absolute Gasteiger partial charge is 0.234 e. The fourth-order valence-electron chi connectivity index (χ4n) is 4.53. The summed E-state index contributed by atoms with van der Waals surface area (Å²) >= 11 is 0. The topological polar surface area (TPSA) is 8.81 Å². The minimum Gasteiger partial charge on any atom is -0.234 e. The number of rotatable bonds is 13. The van der Waals surface area contributed by atoms with Gasteiger partial charge in [-0.15, -0.1) is 0 Å². The van der Waals surface area contributed by atoms with Gasteiger partial charge in [-0.1, -0.05) is 107 Å². The second-order valence-electron chi connectivity index (χ2n) is 9.09. The lowest BCUT2D eigenvalue weighted by Crippen LogP contribution is -2.37. The maximum absolute atomic E-state index is 2.53. The Balaban J connectivity index is 1.70. The van der Waals surface area contributed by atoms with Gasteiger partial charge in [0.05, 0.1) is 20.0 Å². The fourth-order valence-corrected chi connectivity index (χ4v) is 4.53. The maximum atomic E-state index is 2.53. The molecule has 0 amide bonds. The predicted molar refractivity (Wildman–Crippen MR) is 131 cm³/mol. The van der Waals surface area contributed by atoms with Gasteiger partial charge < -0.3 is 0 Å². The van der Waals surface area contributed by atoms with Gasteiger partial charge in [-0.2, -0.15) is 0 Å². The minimum atomic E-state index is 0.520. The zero-order valence-electron chi connectivity index (χ0n) is 19.9. The summed E-state index contributed by atoms with van der Waals surface area (Å²) in [5.41, 5.74) is 4.25. The lowest BCUT2D eigenvalue weighted by molar-refractivity contribution is -0.685. The second-order valence-corrected chi connectivity index (χ2v) is 9.09. The van der Waals surface area contributed by atoms with E-state index in [0.29, 0.717) is 5.92 Å². The summed E-state index contributed by atoms with van der Waals surface area (Å²) in [6, 6.07) is 21.8. The van der Waals surface area contributed by atoms with Gasteiger partial charge in [0.1, 0.15) is 11.9 Å². The summed E-state index contributed by atoms with van der Waals surface area (Å²) in [5, 5.41) is 0. The molecule has 3 rings (SSSR count). The van der Waals surface area contributed by atoms with E-state index in [0.717, 1.165) is 19.4 Å². The number of unbranched alkanes of at least 4 members (excludes halogenated alkanes) is 6. The van der Waals surface area contributed by atoms with Crippen molar-refractivity contribution in [3.05, 3.63) is 89.5 Å². The van der Waals surface area contributed by atoms with Crippen molar-refractivity contribution in [1.29, 1.82) is 0 Å². The Labute approximate surface area is 190 Å². The highest BCUT2D eigenvalue weighted by Crippen LogP contribution is 2.20. The molecule has 0 bridgehead atoms. The quantitative estimate of drug-likeness (QED) is 0.209. The molecule has 2 aromatic carbocycles. The van der Waals surface area contributed by atoms with Crippen LogP contribution in [0.5, 0.6) is 0 Å². The first-order valence-electron chi connectivity index (χ1n) is 12.3. The van der Waals surface area contributed by atoms with Crippen molar-refractivity contribution in [2.45, 2.75) is 84.1 Å². The van der Waals surface area contributed by atoms with Crippen LogP contribution in [-0.4, -0.2) is 4.57 Å². The Kier molecular flexibility index (Phi) is 9.39. The molecule has 0 aliphatic heterocycles. The highest BCUT2D eigenvalue weighted by molar-refractivity contribution is 5.21. The molecule has 0 spiro atoms. The predicted octanol–water partition coefficient (Wildman–Crippen LogP) is 7.00. The highest BCUT2D eigenvalue weighted by atomic mass is 15.1. The number of imidazole rings is 1. The van der Waals surface area contributed by atoms with Gasteiger partial charge in [-0.05, 0) is 29.9 Å². The molecule has 0 saturated heterocycles. The van der Waals surface area contributed by atoms with Gasteiger partial charge in [-0.25, -0.2) is 9.13 Å². The first-order valence-corrected chi connectivity index (χ1v) is 12.3. The minimum absolute atomic E-state index is 0.520. The van der Waals surface area contributed by atoms with Crippen molar-refractivity contribution in [1.82, 2.24) is 4.57 Å². The molecule has 2 heteroatoms. The van der Waals surface area contributed by atoms with E-state index in [1.807, 2.05) is 0 Å². The molecule has 1 aromatic heterocycles. The monoisotopic (exact) mass is 417 g/mol. The van der Waals surface area contributed by atoms with Gasteiger partial charge in [0, 0.05) is 6.42 Å². The van der Waals surface area contributed by atoms with Crippen LogP contribution >= 0.6 is 0 Å². The third kappa shape index (κ3) is 7.09. The molecule has 166 valence electrons. The van der Waals surface area contributed by atoms with E-state index < -0.39 is 0 Å². The number of aryl methyl sites for hydroxylation is 1. The Morgan fingerprint density at radius 1 is 0.806 bits per heavy atom. The van der Waals surface area contributed by atoms with Crippen LogP contribution < -0.4 is 4.57 Å². The van der Waals surface area contributed by atoms with Crippen molar-refractivity contribution in [3.8, 4) is 0 Å². The van der Waals surface area contributed by atoms with Crippen molar-refractivity contribution in [3.63, 3.8) is 0 Å². The number of hydrogen-bond acceptors (Lipinski definition) is 0. The molecule has 1 unspecified atom stereocenters. The Morgan fingerprint density at radius 2 is 1.42 bits per heavy atom. The van der Waals surface area contributed by atoms with Crippen molar-refractivity contribution in [2.24, 2.45) is 7.05 Å². The molecule has 0 N–H and O–H groups in total. The number of hydrogen-bond donors (Lipinski definition) is 0. The Bertz CT molecular complexity index is 880. The SMILES string of the molecule is CCCCCCCCCn1cc(CC(C)c2ccccc2)[n+](C)c1Cc1ccccc1. The molecule has 0 aliphatic rings. The van der Waals surface area contributed by atoms with E-state index in [1.54, 1.807) is 0 Å². The molecule has 1 atom stereocenters. The largest absolute Gasteiger partial charge is 0.260 e. The van der Waals surface area contributed by atoms with Gasteiger partial charge in [0.15, 0.2) is 0 Å². The number of benzene rings is 2. The molecule has 0 aliphatic carbocycles. The molecule has 3 aromatic rings. The van der Waals surface area contributed by atoms with Crippen LogP contribution in [0.15, 0.2) is 66.9 Å². The van der Waals surface area contributed by atoms with E-state index in [9.17, 15) is 0 Å². The second kappa shape index (κ2) is 12.5. The molecule has 0 fully saturated rings. The fraction of sp³-hybridized carbons (Fsp3) is 0.483. The van der Waals surface area contributed by atoms with Crippen LogP contribution in [0.2, 0.25) is 0 Å². The van der Waals surface area contributed by atoms with Crippen molar-refractivity contribution in [2.75, 3.05) is 0 Å². The van der Waals surface area contributed by atoms with Crippen LogP contribution in [-0.2, 0) is 26.4 Å². The van der Waals surface area contributed by atoms with Gasteiger partial charge >= 0.3 is 0 Å². The summed E-state index contributed by atoms with van der Waals surface area (Å²) in [5.74, 6) is 1.94. The molecule has 1 heterocycles. The summed E-state index contributed by atoms with van der Waals surface area (Å²) in [6.45, 7) is 5.76. The standard InChI is InChI=1S/C29H41N2/c1-4-5-6-7-8-9-16-21-31-24-28(22-25(2)27-19-14-11-15-20-27)30(3)29(31)23-26-17-12-10-13-18-26/h10-15,17-20,24-25H,4-9,16,21-23H2,1-3H3/q+1. The van der Waals surface area contributed by atoms with E-state index in [1.165, 1.54) is 67.6 Å². The van der Waals surface area contributed by atoms with Crippen LogP contribution in [0, 0.1) is 0 Å². The Morgan fingerprint density at radius 3 is 2.10 bits per heavy atom. The van der Waals surface area contributed by atoms with Crippen molar-refractivity contribution < 1.29 is 4.57 Å². The molecule has 0 radical (unpaired) electrons.